The number of ketones is 1. The first-order valence-electron chi connectivity index (χ1n) is 8.59. The second-order valence-electron chi connectivity index (χ2n) is 6.68. The average molecular weight is 306 g/mol. The first kappa shape index (κ1) is 14.3. The SMILES string of the molecule is O=C(CC1CCCCC1)c1c[nH]c(-c2c[nH]c3ccccc23)c1. The van der Waals surface area contributed by atoms with Gasteiger partial charge in [-0.25, -0.2) is 0 Å². The van der Waals surface area contributed by atoms with Crippen LogP contribution in [0, 0.1) is 5.92 Å². The molecule has 1 aromatic carbocycles. The van der Waals surface area contributed by atoms with Gasteiger partial charge in [-0.15, -0.1) is 0 Å². The van der Waals surface area contributed by atoms with Crippen LogP contribution in [0.4, 0.5) is 0 Å². The van der Waals surface area contributed by atoms with E-state index in [1.165, 1.54) is 37.5 Å². The molecule has 0 atom stereocenters. The molecule has 1 aliphatic carbocycles. The van der Waals surface area contributed by atoms with Gasteiger partial charge in [-0.3, -0.25) is 4.79 Å². The second kappa shape index (κ2) is 6.07. The summed E-state index contributed by atoms with van der Waals surface area (Å²) in [6, 6.07) is 10.2. The quantitative estimate of drug-likeness (QED) is 0.630. The van der Waals surface area contributed by atoms with Crippen LogP contribution in [0.3, 0.4) is 0 Å². The number of benzene rings is 1. The molecule has 0 spiro atoms. The van der Waals surface area contributed by atoms with Crippen LogP contribution in [0.15, 0.2) is 42.7 Å². The first-order chi connectivity index (χ1) is 11.3. The van der Waals surface area contributed by atoms with Gasteiger partial charge < -0.3 is 9.97 Å². The smallest absolute Gasteiger partial charge is 0.164 e. The summed E-state index contributed by atoms with van der Waals surface area (Å²) in [4.78, 5) is 19.1. The molecule has 0 amide bonds. The normalized spacial score (nSPS) is 16.0. The van der Waals surface area contributed by atoms with Gasteiger partial charge in [0.25, 0.3) is 0 Å². The van der Waals surface area contributed by atoms with E-state index in [-0.39, 0.29) is 5.78 Å². The number of hydrogen-bond donors (Lipinski definition) is 2. The molecule has 4 rings (SSSR count). The fourth-order valence-corrected chi connectivity index (χ4v) is 3.78. The highest BCUT2D eigenvalue weighted by atomic mass is 16.1. The van der Waals surface area contributed by atoms with Gasteiger partial charge in [0.15, 0.2) is 5.78 Å². The van der Waals surface area contributed by atoms with E-state index in [0.717, 1.165) is 22.3 Å². The summed E-state index contributed by atoms with van der Waals surface area (Å²) < 4.78 is 0. The van der Waals surface area contributed by atoms with Crippen molar-refractivity contribution in [1.29, 1.82) is 0 Å². The summed E-state index contributed by atoms with van der Waals surface area (Å²) in [7, 11) is 0. The highest BCUT2D eigenvalue weighted by Gasteiger charge is 2.19. The number of carbonyl (C=O) groups is 1. The number of aromatic amines is 2. The van der Waals surface area contributed by atoms with Crippen LogP contribution in [-0.4, -0.2) is 15.8 Å². The molecule has 3 nitrogen and oxygen atoms in total. The number of aromatic nitrogens is 2. The van der Waals surface area contributed by atoms with Crippen molar-refractivity contribution in [2.45, 2.75) is 38.5 Å². The standard InChI is InChI=1S/C20H22N2O/c23-20(10-14-6-2-1-3-7-14)15-11-19(21-12-15)17-13-22-18-9-5-4-8-16(17)18/h4-5,8-9,11-14,21-22H,1-3,6-7,10H2. The Kier molecular flexibility index (Phi) is 3.78. The summed E-state index contributed by atoms with van der Waals surface area (Å²) in [5, 5.41) is 1.18. The van der Waals surface area contributed by atoms with Gasteiger partial charge in [0.05, 0.1) is 0 Å². The molecule has 3 heteroatoms. The fraction of sp³-hybridized carbons (Fsp3) is 0.350. The van der Waals surface area contributed by atoms with E-state index in [2.05, 4.69) is 22.1 Å². The third-order valence-corrected chi connectivity index (χ3v) is 5.08. The molecule has 0 radical (unpaired) electrons. The van der Waals surface area contributed by atoms with Crippen LogP contribution in [0.2, 0.25) is 0 Å². The van der Waals surface area contributed by atoms with Gasteiger partial charge in [-0.1, -0.05) is 50.3 Å². The molecule has 23 heavy (non-hydrogen) atoms. The Bertz CT molecular complexity index is 821. The summed E-state index contributed by atoms with van der Waals surface area (Å²) >= 11 is 0. The van der Waals surface area contributed by atoms with E-state index < -0.39 is 0 Å². The molecule has 118 valence electrons. The lowest BCUT2D eigenvalue weighted by atomic mass is 9.85. The van der Waals surface area contributed by atoms with E-state index in [9.17, 15) is 4.79 Å². The van der Waals surface area contributed by atoms with Crippen LogP contribution in [0.25, 0.3) is 22.2 Å². The van der Waals surface area contributed by atoms with Crippen molar-refractivity contribution >= 4 is 16.7 Å². The van der Waals surface area contributed by atoms with Gasteiger partial charge in [-0.2, -0.15) is 0 Å². The summed E-state index contributed by atoms with van der Waals surface area (Å²) in [5.41, 5.74) is 4.06. The molecule has 0 aliphatic heterocycles. The predicted molar refractivity (Wildman–Crippen MR) is 93.6 cm³/mol. The van der Waals surface area contributed by atoms with Crippen molar-refractivity contribution in [3.05, 3.63) is 48.3 Å². The highest BCUT2D eigenvalue weighted by molar-refractivity contribution is 5.99. The van der Waals surface area contributed by atoms with Crippen LogP contribution in [0.1, 0.15) is 48.9 Å². The summed E-state index contributed by atoms with van der Waals surface area (Å²) in [6.07, 6.45) is 10.9. The van der Waals surface area contributed by atoms with Crippen molar-refractivity contribution in [3.63, 3.8) is 0 Å². The molecule has 0 unspecified atom stereocenters. The number of Topliss-reactive ketones (excluding diaryl/α,β-unsaturated/α-hetero) is 1. The maximum Gasteiger partial charge on any atom is 0.164 e. The third kappa shape index (κ3) is 2.83. The lowest BCUT2D eigenvalue weighted by molar-refractivity contribution is 0.0950. The molecule has 0 saturated heterocycles. The molecule has 3 aromatic rings. The highest BCUT2D eigenvalue weighted by Crippen LogP contribution is 2.30. The molecular formula is C20H22N2O. The van der Waals surface area contributed by atoms with E-state index in [4.69, 9.17) is 0 Å². The maximum atomic E-state index is 12.5. The molecule has 0 bridgehead atoms. The van der Waals surface area contributed by atoms with Gasteiger partial charge in [0.2, 0.25) is 0 Å². The van der Waals surface area contributed by atoms with Crippen molar-refractivity contribution in [2.75, 3.05) is 0 Å². The predicted octanol–water partition coefficient (Wildman–Crippen LogP) is 5.32. The monoisotopic (exact) mass is 306 g/mol. The van der Waals surface area contributed by atoms with Gasteiger partial charge in [0, 0.05) is 46.5 Å². The van der Waals surface area contributed by atoms with E-state index >= 15 is 0 Å². The number of para-hydroxylation sites is 1. The van der Waals surface area contributed by atoms with Gasteiger partial charge in [0.1, 0.15) is 0 Å². The van der Waals surface area contributed by atoms with E-state index in [0.29, 0.717) is 12.3 Å². The van der Waals surface area contributed by atoms with Crippen molar-refractivity contribution in [3.8, 4) is 11.3 Å². The minimum Gasteiger partial charge on any atom is -0.360 e. The number of H-pyrrole nitrogens is 2. The van der Waals surface area contributed by atoms with Gasteiger partial charge >= 0.3 is 0 Å². The minimum absolute atomic E-state index is 0.277. The second-order valence-corrected chi connectivity index (χ2v) is 6.68. The van der Waals surface area contributed by atoms with Crippen LogP contribution in [-0.2, 0) is 0 Å². The average Bonchev–Trinajstić information content (AvgIpc) is 3.22. The number of hydrogen-bond acceptors (Lipinski definition) is 1. The zero-order valence-corrected chi connectivity index (χ0v) is 13.3. The van der Waals surface area contributed by atoms with Crippen molar-refractivity contribution < 1.29 is 4.79 Å². The largest absolute Gasteiger partial charge is 0.360 e. The number of rotatable bonds is 4. The fourth-order valence-electron chi connectivity index (χ4n) is 3.78. The molecule has 1 saturated carbocycles. The zero-order valence-electron chi connectivity index (χ0n) is 13.3. The van der Waals surface area contributed by atoms with Crippen LogP contribution >= 0.6 is 0 Å². The van der Waals surface area contributed by atoms with Crippen molar-refractivity contribution in [2.24, 2.45) is 5.92 Å². The van der Waals surface area contributed by atoms with E-state index in [1.807, 2.05) is 30.6 Å². The number of carbonyl (C=O) groups excluding carboxylic acids is 1. The topological polar surface area (TPSA) is 48.6 Å². The van der Waals surface area contributed by atoms with Gasteiger partial charge in [-0.05, 0) is 18.1 Å². The Morgan fingerprint density at radius 2 is 1.87 bits per heavy atom. The molecule has 2 N–H and O–H groups in total. The molecule has 2 heterocycles. The lowest BCUT2D eigenvalue weighted by Gasteiger charge is -2.20. The Labute approximate surface area is 136 Å². The molecule has 1 aliphatic rings. The van der Waals surface area contributed by atoms with Crippen molar-refractivity contribution in [1.82, 2.24) is 9.97 Å². The maximum absolute atomic E-state index is 12.5. The molecule has 1 fully saturated rings. The first-order valence-corrected chi connectivity index (χ1v) is 8.59. The number of fused-ring (bicyclic) bond motifs is 1. The summed E-state index contributed by atoms with van der Waals surface area (Å²) in [5.74, 6) is 0.863. The van der Waals surface area contributed by atoms with Crippen LogP contribution in [0.5, 0.6) is 0 Å². The molecule has 2 aromatic heterocycles. The summed E-state index contributed by atoms with van der Waals surface area (Å²) in [6.45, 7) is 0. The Morgan fingerprint density at radius 1 is 1.04 bits per heavy atom. The minimum atomic E-state index is 0.277. The third-order valence-electron chi connectivity index (χ3n) is 5.08. The van der Waals surface area contributed by atoms with E-state index in [1.54, 1.807) is 0 Å². The Hall–Kier alpha value is -2.29. The number of nitrogens with one attached hydrogen (secondary N) is 2. The van der Waals surface area contributed by atoms with Crippen LogP contribution < -0.4 is 0 Å². The zero-order chi connectivity index (χ0) is 15.6. The Morgan fingerprint density at radius 3 is 2.74 bits per heavy atom. The molecular weight excluding hydrogens is 284 g/mol. The lowest BCUT2D eigenvalue weighted by Crippen LogP contribution is -2.11. The Balaban J connectivity index is 1.55.